The molecule has 0 radical (unpaired) electrons. The van der Waals surface area contributed by atoms with Gasteiger partial charge in [0.05, 0.1) is 22.0 Å². The number of rotatable bonds is 5. The van der Waals surface area contributed by atoms with Gasteiger partial charge >= 0.3 is 12.1 Å². The van der Waals surface area contributed by atoms with E-state index in [0.29, 0.717) is 45.4 Å². The highest BCUT2D eigenvalue weighted by Crippen LogP contribution is 2.60. The van der Waals surface area contributed by atoms with Crippen molar-refractivity contribution in [2.75, 3.05) is 6.54 Å². The highest BCUT2D eigenvalue weighted by atomic mass is 32.2. The third kappa shape index (κ3) is 3.82. The van der Waals surface area contributed by atoms with Gasteiger partial charge in [-0.25, -0.2) is 12.8 Å². The summed E-state index contributed by atoms with van der Waals surface area (Å²) in [4.78, 5) is 32.0. The van der Waals surface area contributed by atoms with Gasteiger partial charge in [0.15, 0.2) is 9.84 Å². The van der Waals surface area contributed by atoms with E-state index in [1.54, 1.807) is 23.1 Å². The number of aliphatic carboxylic acids is 1. The average molecular weight is 609 g/mol. The zero-order valence-corrected chi connectivity index (χ0v) is 23.9. The summed E-state index contributed by atoms with van der Waals surface area (Å²) >= 11 is 0. The Bertz CT molecular complexity index is 1530. The molecular weight excluding hydrogens is 576 g/mol. The first kappa shape index (κ1) is 29.1. The van der Waals surface area contributed by atoms with Gasteiger partial charge in [0.1, 0.15) is 4.75 Å². The number of nitrogens with zero attached hydrogens (tertiary/aromatic N) is 2. The number of carboxylic acids is 1. The van der Waals surface area contributed by atoms with Gasteiger partial charge in [-0.05, 0) is 88.5 Å². The summed E-state index contributed by atoms with van der Waals surface area (Å²) < 4.78 is 82.8. The molecule has 226 valence electrons. The Kier molecular flexibility index (Phi) is 6.39. The molecule has 1 N–H and O–H groups in total. The molecule has 3 saturated carbocycles. The third-order valence-electron chi connectivity index (χ3n) is 10.7. The molecule has 4 fully saturated rings. The topological polar surface area (TPSA) is 105 Å². The van der Waals surface area contributed by atoms with Gasteiger partial charge < -0.3 is 10.0 Å². The summed E-state index contributed by atoms with van der Waals surface area (Å²) in [5.74, 6) is -1.03. The number of carboxylic acid groups (broad SMARTS) is 1. The van der Waals surface area contributed by atoms with Gasteiger partial charge in [-0.2, -0.15) is 13.2 Å². The van der Waals surface area contributed by atoms with Crippen LogP contribution in [0.15, 0.2) is 47.4 Å². The van der Waals surface area contributed by atoms with Gasteiger partial charge in [0.25, 0.3) is 0 Å². The summed E-state index contributed by atoms with van der Waals surface area (Å²) in [5.41, 5.74) is -5.86. The second-order valence-corrected chi connectivity index (χ2v) is 14.8. The number of hydrogen-bond donors (Lipinski definition) is 1. The van der Waals surface area contributed by atoms with Crippen molar-refractivity contribution in [1.29, 1.82) is 0 Å². The quantitative estimate of drug-likeness (QED) is 0.452. The summed E-state index contributed by atoms with van der Waals surface area (Å²) in [5, 5.41) is 9.79. The van der Waals surface area contributed by atoms with Gasteiger partial charge in [-0.1, -0.05) is 24.3 Å². The van der Waals surface area contributed by atoms with Crippen LogP contribution in [0.1, 0.15) is 75.2 Å². The van der Waals surface area contributed by atoms with E-state index in [9.17, 15) is 40.7 Å². The van der Waals surface area contributed by atoms with Crippen molar-refractivity contribution < 1.29 is 40.7 Å². The molecule has 1 aromatic heterocycles. The van der Waals surface area contributed by atoms with Gasteiger partial charge in [0.2, 0.25) is 11.6 Å². The van der Waals surface area contributed by atoms with Crippen LogP contribution in [0, 0.1) is 10.8 Å². The first-order valence-corrected chi connectivity index (χ1v) is 15.7. The zero-order chi connectivity index (χ0) is 30.3. The van der Waals surface area contributed by atoms with E-state index in [1.165, 1.54) is 18.2 Å². The molecule has 2 bridgehead atoms. The molecule has 1 aromatic carbocycles. The number of carbonyl (C=O) groups excluding carboxylic acids is 1. The van der Waals surface area contributed by atoms with E-state index >= 15 is 0 Å². The van der Waals surface area contributed by atoms with Crippen LogP contribution >= 0.6 is 0 Å². The number of halogens is 4. The highest BCUT2D eigenvalue weighted by Gasteiger charge is 2.65. The highest BCUT2D eigenvalue weighted by molar-refractivity contribution is 7.92. The van der Waals surface area contributed by atoms with Gasteiger partial charge in [-0.3, -0.25) is 14.6 Å². The second-order valence-electron chi connectivity index (χ2n) is 12.6. The molecule has 1 saturated heterocycles. The Balaban J connectivity index is 1.44. The fourth-order valence-corrected chi connectivity index (χ4v) is 10.3. The lowest BCUT2D eigenvalue weighted by atomic mass is 9.53. The molecule has 3 atom stereocenters. The lowest BCUT2D eigenvalue weighted by Crippen LogP contribution is -2.57. The zero-order valence-electron chi connectivity index (χ0n) is 23.1. The van der Waals surface area contributed by atoms with E-state index < -0.39 is 55.0 Å². The van der Waals surface area contributed by atoms with Crippen molar-refractivity contribution in [3.05, 3.63) is 59.4 Å². The fourth-order valence-electron chi connectivity index (χ4n) is 7.96. The van der Waals surface area contributed by atoms with Crippen molar-refractivity contribution in [3.8, 4) is 0 Å². The van der Waals surface area contributed by atoms with E-state index in [-0.39, 0.29) is 47.9 Å². The number of benzene rings is 1. The smallest absolute Gasteiger partial charge is 0.428 e. The monoisotopic (exact) mass is 608 g/mol. The number of likely N-dealkylation sites (tertiary alicyclic amines) is 1. The number of alkyl halides is 4. The van der Waals surface area contributed by atoms with Crippen LogP contribution in [0.25, 0.3) is 0 Å². The Hall–Kier alpha value is -3.02. The first-order valence-electron chi connectivity index (χ1n) is 14.2. The first-order chi connectivity index (χ1) is 19.6. The predicted molar refractivity (Wildman–Crippen MR) is 143 cm³/mol. The normalized spacial score (nSPS) is 32.1. The SMILES string of the molecule is CC(F)(c1ccc2c(n1)CCC1N(C(=O)C34CCC(C(=O)O)(CC3)CC4)CCC21S(=O)(=O)c1ccccc1)C(F)(F)F. The number of amides is 1. The van der Waals surface area contributed by atoms with Crippen molar-refractivity contribution in [2.24, 2.45) is 10.8 Å². The van der Waals surface area contributed by atoms with Crippen molar-refractivity contribution >= 4 is 21.7 Å². The van der Waals surface area contributed by atoms with Crippen molar-refractivity contribution in [3.63, 3.8) is 0 Å². The van der Waals surface area contributed by atoms with Crippen molar-refractivity contribution in [1.82, 2.24) is 9.88 Å². The fraction of sp³-hybridized carbons (Fsp3) is 0.567. The van der Waals surface area contributed by atoms with Crippen molar-refractivity contribution in [2.45, 2.75) is 92.2 Å². The number of aromatic nitrogens is 1. The number of aryl methyl sites for hydroxylation is 1. The van der Waals surface area contributed by atoms with Gasteiger partial charge in [0, 0.05) is 17.7 Å². The predicted octanol–water partition coefficient (Wildman–Crippen LogP) is 5.47. The van der Waals surface area contributed by atoms with Crippen LogP contribution < -0.4 is 0 Å². The standard InChI is InChI=1S/C30H32F4N2O5S/c1-26(31,30(32,33)34)22-9-7-20-21(35-22)8-10-23-29(20,42(40,41)19-5-3-2-4-6-19)17-18-36(23)24(37)27-11-14-28(15-12-27,16-13-27)25(38)39/h2-7,9,23H,8,10-18H2,1H3,(H,38,39). The maximum absolute atomic E-state index is 14.9. The summed E-state index contributed by atoms with van der Waals surface area (Å²) in [6, 6.07) is 9.10. The number of carbonyl (C=O) groups is 2. The van der Waals surface area contributed by atoms with Crippen LogP contribution in [0.3, 0.4) is 0 Å². The molecule has 1 amide bonds. The molecule has 2 heterocycles. The number of hydrogen-bond acceptors (Lipinski definition) is 5. The summed E-state index contributed by atoms with van der Waals surface area (Å²) in [7, 11) is -4.21. The largest absolute Gasteiger partial charge is 0.481 e. The van der Waals surface area contributed by atoms with Crippen LogP contribution in [0.2, 0.25) is 0 Å². The number of sulfone groups is 1. The summed E-state index contributed by atoms with van der Waals surface area (Å²) in [6.45, 7) is 0.512. The maximum atomic E-state index is 14.9. The Labute approximate surface area is 241 Å². The molecule has 2 aromatic rings. The Morgan fingerprint density at radius 2 is 1.52 bits per heavy atom. The van der Waals surface area contributed by atoms with E-state index in [0.717, 1.165) is 6.07 Å². The Morgan fingerprint density at radius 3 is 2.10 bits per heavy atom. The molecule has 12 heteroatoms. The van der Waals surface area contributed by atoms with E-state index in [1.807, 2.05) is 0 Å². The van der Waals surface area contributed by atoms with Crippen LogP contribution in [0.5, 0.6) is 0 Å². The lowest BCUT2D eigenvalue weighted by molar-refractivity contribution is -0.230. The molecule has 4 aliphatic carbocycles. The molecule has 0 spiro atoms. The minimum absolute atomic E-state index is 0.00989. The maximum Gasteiger partial charge on any atom is 0.428 e. The van der Waals surface area contributed by atoms with Crippen LogP contribution in [-0.4, -0.2) is 54.0 Å². The number of fused-ring (bicyclic) bond motifs is 6. The molecule has 7 nitrogen and oxygen atoms in total. The molecule has 3 unspecified atom stereocenters. The molecule has 5 aliphatic rings. The third-order valence-corrected chi connectivity index (χ3v) is 13.2. The minimum Gasteiger partial charge on any atom is -0.481 e. The Morgan fingerprint density at radius 1 is 0.929 bits per heavy atom. The molecule has 1 aliphatic heterocycles. The van der Waals surface area contributed by atoms with Gasteiger partial charge in [-0.15, -0.1) is 0 Å². The second kappa shape index (κ2) is 9.24. The number of pyridine rings is 1. The van der Waals surface area contributed by atoms with E-state index in [4.69, 9.17) is 0 Å². The minimum atomic E-state index is -5.21. The lowest BCUT2D eigenvalue weighted by Gasteiger charge is -2.52. The molecular formula is C30H32F4N2O5S. The average Bonchev–Trinajstić information content (AvgIpc) is 3.39. The molecule has 42 heavy (non-hydrogen) atoms. The van der Waals surface area contributed by atoms with E-state index in [2.05, 4.69) is 4.98 Å². The van der Waals surface area contributed by atoms with Crippen LogP contribution in [-0.2, 0) is 36.3 Å². The molecule has 7 rings (SSSR count). The summed E-state index contributed by atoms with van der Waals surface area (Å²) in [6.07, 6.45) is -2.61. The van der Waals surface area contributed by atoms with Crippen LogP contribution in [0.4, 0.5) is 17.6 Å².